The van der Waals surface area contributed by atoms with Crippen molar-refractivity contribution in [3.63, 3.8) is 0 Å². The highest BCUT2D eigenvalue weighted by Crippen LogP contribution is 2.31. The summed E-state index contributed by atoms with van der Waals surface area (Å²) in [6.45, 7) is 1.96. The molecule has 28 heavy (non-hydrogen) atoms. The molecule has 0 aliphatic heterocycles. The van der Waals surface area contributed by atoms with Gasteiger partial charge in [-0.15, -0.1) is 11.3 Å². The van der Waals surface area contributed by atoms with Gasteiger partial charge in [-0.25, -0.2) is 4.98 Å². The van der Waals surface area contributed by atoms with E-state index in [1.165, 1.54) is 11.8 Å². The van der Waals surface area contributed by atoms with Crippen molar-refractivity contribution in [3.05, 3.63) is 68.6 Å². The number of aromatic nitrogens is 1. The van der Waals surface area contributed by atoms with Crippen molar-refractivity contribution in [3.8, 4) is 5.75 Å². The zero-order chi connectivity index (χ0) is 20.1. The van der Waals surface area contributed by atoms with Gasteiger partial charge in [0.1, 0.15) is 5.75 Å². The van der Waals surface area contributed by atoms with Crippen LogP contribution in [0.5, 0.6) is 5.75 Å². The predicted octanol–water partition coefficient (Wildman–Crippen LogP) is 6.09. The molecule has 2 aromatic carbocycles. The highest BCUT2D eigenvalue weighted by Gasteiger charge is 2.13. The molecule has 1 aromatic heterocycles. The van der Waals surface area contributed by atoms with Gasteiger partial charge in [0.15, 0.2) is 4.34 Å². The number of methoxy groups -OCH3 is 1. The largest absolute Gasteiger partial charge is 0.497 e. The number of hydrogen-bond acceptors (Lipinski definition) is 5. The van der Waals surface area contributed by atoms with Gasteiger partial charge in [0, 0.05) is 33.1 Å². The summed E-state index contributed by atoms with van der Waals surface area (Å²) >= 11 is 15.3. The van der Waals surface area contributed by atoms with Gasteiger partial charge in [-0.2, -0.15) is 0 Å². The number of ether oxygens (including phenoxy) is 1. The van der Waals surface area contributed by atoms with Crippen LogP contribution in [0.4, 0.5) is 5.69 Å². The molecule has 8 heteroatoms. The topological polar surface area (TPSA) is 51.2 Å². The molecule has 0 bridgehead atoms. The van der Waals surface area contributed by atoms with Gasteiger partial charge in [-0.3, -0.25) is 4.79 Å². The van der Waals surface area contributed by atoms with E-state index >= 15 is 0 Å². The molecule has 0 saturated heterocycles. The molecule has 146 valence electrons. The van der Waals surface area contributed by atoms with E-state index in [-0.39, 0.29) is 11.7 Å². The average molecular weight is 453 g/mol. The van der Waals surface area contributed by atoms with Gasteiger partial charge < -0.3 is 10.1 Å². The van der Waals surface area contributed by atoms with Crippen molar-refractivity contribution in [1.29, 1.82) is 0 Å². The summed E-state index contributed by atoms with van der Waals surface area (Å²) in [6, 6.07) is 12.7. The second kappa shape index (κ2) is 9.65. The average Bonchev–Trinajstić information content (AvgIpc) is 3.02. The minimum atomic E-state index is -0.0921. The van der Waals surface area contributed by atoms with Crippen molar-refractivity contribution in [2.45, 2.75) is 17.7 Å². The molecule has 0 aliphatic carbocycles. The number of halogens is 2. The Bertz CT molecular complexity index is 992. The summed E-state index contributed by atoms with van der Waals surface area (Å²) in [5.74, 6) is 0.887. The summed E-state index contributed by atoms with van der Waals surface area (Å²) in [6.07, 6.45) is 0.666. The maximum atomic E-state index is 12.2. The fourth-order valence-electron chi connectivity index (χ4n) is 2.50. The van der Waals surface area contributed by atoms with Gasteiger partial charge in [-0.05, 0) is 42.8 Å². The van der Waals surface area contributed by atoms with Crippen LogP contribution in [0, 0.1) is 6.92 Å². The fourth-order valence-corrected chi connectivity index (χ4v) is 4.94. The summed E-state index contributed by atoms with van der Waals surface area (Å²) in [4.78, 5) is 17.9. The maximum absolute atomic E-state index is 12.2. The van der Waals surface area contributed by atoms with Gasteiger partial charge in [-0.1, -0.05) is 41.0 Å². The van der Waals surface area contributed by atoms with Crippen molar-refractivity contribution < 1.29 is 9.53 Å². The lowest BCUT2D eigenvalue weighted by molar-refractivity contribution is -0.113. The SMILES string of the molecule is COc1cccc(NC(=O)CSc2nc(C)c(Cc3cc(Cl)ccc3Cl)s2)c1. The van der Waals surface area contributed by atoms with Crippen LogP contribution in [0.15, 0.2) is 46.8 Å². The molecule has 1 heterocycles. The van der Waals surface area contributed by atoms with Crippen LogP contribution in [0.2, 0.25) is 10.0 Å². The van der Waals surface area contributed by atoms with Crippen LogP contribution in [-0.2, 0) is 11.2 Å². The first-order valence-corrected chi connectivity index (χ1v) is 11.0. The van der Waals surface area contributed by atoms with Crippen molar-refractivity contribution in [1.82, 2.24) is 4.98 Å². The van der Waals surface area contributed by atoms with Crippen molar-refractivity contribution >= 4 is 57.9 Å². The monoisotopic (exact) mass is 452 g/mol. The number of thioether (sulfide) groups is 1. The first-order valence-electron chi connectivity index (χ1n) is 8.41. The highest BCUT2D eigenvalue weighted by molar-refractivity contribution is 8.01. The van der Waals surface area contributed by atoms with Crippen LogP contribution < -0.4 is 10.1 Å². The van der Waals surface area contributed by atoms with E-state index in [1.54, 1.807) is 36.6 Å². The standard InChI is InChI=1S/C20H18Cl2N2O2S2/c1-12-18(9-13-8-14(21)6-7-17(13)22)28-20(23-12)27-11-19(25)24-15-4-3-5-16(10-15)26-2/h3-8,10H,9,11H2,1-2H3,(H,24,25). The molecular weight excluding hydrogens is 435 g/mol. The zero-order valence-electron chi connectivity index (χ0n) is 15.3. The number of carbonyl (C=O) groups is 1. The third-order valence-corrected chi connectivity index (χ3v) is 6.82. The number of amides is 1. The zero-order valence-corrected chi connectivity index (χ0v) is 18.4. The third kappa shape index (κ3) is 5.64. The quantitative estimate of drug-likeness (QED) is 0.440. The number of hydrogen-bond donors (Lipinski definition) is 1. The molecule has 3 aromatic rings. The second-order valence-electron chi connectivity index (χ2n) is 5.97. The van der Waals surface area contributed by atoms with Crippen LogP contribution in [-0.4, -0.2) is 23.8 Å². The molecule has 3 rings (SSSR count). The van der Waals surface area contributed by atoms with E-state index in [2.05, 4.69) is 10.3 Å². The molecule has 0 fully saturated rings. The molecule has 4 nitrogen and oxygen atoms in total. The van der Waals surface area contributed by atoms with E-state index < -0.39 is 0 Å². The van der Waals surface area contributed by atoms with Crippen LogP contribution in [0.1, 0.15) is 16.1 Å². The summed E-state index contributed by atoms with van der Waals surface area (Å²) in [7, 11) is 1.59. The molecule has 0 atom stereocenters. The summed E-state index contributed by atoms with van der Waals surface area (Å²) < 4.78 is 6.02. The highest BCUT2D eigenvalue weighted by atomic mass is 35.5. The Morgan fingerprint density at radius 1 is 1.25 bits per heavy atom. The lowest BCUT2D eigenvalue weighted by atomic mass is 10.1. The van der Waals surface area contributed by atoms with Crippen molar-refractivity contribution in [2.75, 3.05) is 18.2 Å². The van der Waals surface area contributed by atoms with Crippen LogP contribution >= 0.6 is 46.3 Å². The van der Waals surface area contributed by atoms with Crippen LogP contribution in [0.3, 0.4) is 0 Å². The molecule has 1 amide bonds. The van der Waals surface area contributed by atoms with Gasteiger partial charge >= 0.3 is 0 Å². The number of aryl methyl sites for hydroxylation is 1. The van der Waals surface area contributed by atoms with Gasteiger partial charge in [0.25, 0.3) is 0 Å². The number of thiazole rings is 1. The molecule has 1 N–H and O–H groups in total. The Labute approximate surface area is 182 Å². The summed E-state index contributed by atoms with van der Waals surface area (Å²) in [5.41, 5.74) is 2.61. The third-order valence-electron chi connectivity index (χ3n) is 3.91. The minimum Gasteiger partial charge on any atom is -0.497 e. The van der Waals surface area contributed by atoms with Crippen LogP contribution in [0.25, 0.3) is 0 Å². The Balaban J connectivity index is 1.60. The molecule has 0 unspecified atom stereocenters. The lowest BCUT2D eigenvalue weighted by Crippen LogP contribution is -2.13. The van der Waals surface area contributed by atoms with E-state index in [1.807, 2.05) is 31.2 Å². The number of rotatable bonds is 7. The Hall–Kier alpha value is -1.73. The lowest BCUT2D eigenvalue weighted by Gasteiger charge is -2.06. The van der Waals surface area contributed by atoms with E-state index in [0.717, 1.165) is 20.5 Å². The Morgan fingerprint density at radius 3 is 2.86 bits per heavy atom. The van der Waals surface area contributed by atoms with E-state index in [4.69, 9.17) is 27.9 Å². The number of anilines is 1. The number of nitrogens with zero attached hydrogens (tertiary/aromatic N) is 1. The number of nitrogens with one attached hydrogen (secondary N) is 1. The first kappa shape index (κ1) is 21.0. The Kier molecular flexibility index (Phi) is 7.24. The normalized spacial score (nSPS) is 10.7. The molecule has 0 radical (unpaired) electrons. The van der Waals surface area contributed by atoms with E-state index in [0.29, 0.717) is 27.9 Å². The maximum Gasteiger partial charge on any atom is 0.234 e. The van der Waals surface area contributed by atoms with Gasteiger partial charge in [0.2, 0.25) is 5.91 Å². The molecule has 0 aliphatic rings. The predicted molar refractivity (Wildman–Crippen MR) is 118 cm³/mol. The minimum absolute atomic E-state index is 0.0921. The van der Waals surface area contributed by atoms with E-state index in [9.17, 15) is 4.79 Å². The first-order chi connectivity index (χ1) is 13.4. The van der Waals surface area contributed by atoms with Gasteiger partial charge in [0.05, 0.1) is 18.6 Å². The van der Waals surface area contributed by atoms with Crippen molar-refractivity contribution in [2.24, 2.45) is 0 Å². The molecule has 0 saturated carbocycles. The Morgan fingerprint density at radius 2 is 2.07 bits per heavy atom. The summed E-state index contributed by atoms with van der Waals surface area (Å²) in [5, 5.41) is 4.21. The number of carbonyl (C=O) groups excluding carboxylic acids is 1. The second-order valence-corrected chi connectivity index (χ2v) is 9.12. The number of benzene rings is 2. The molecular formula is C20H18Cl2N2O2S2. The fraction of sp³-hybridized carbons (Fsp3) is 0.200. The molecule has 0 spiro atoms. The smallest absolute Gasteiger partial charge is 0.234 e.